The predicted molar refractivity (Wildman–Crippen MR) is 116 cm³/mol. The molecule has 0 fully saturated rings. The lowest BCUT2D eigenvalue weighted by Crippen LogP contribution is -2.38. The summed E-state index contributed by atoms with van der Waals surface area (Å²) in [6, 6.07) is 39.8. The maximum absolute atomic E-state index is 5.33. The van der Waals surface area contributed by atoms with Crippen molar-refractivity contribution in [3.63, 3.8) is 0 Å². The van der Waals surface area contributed by atoms with Crippen LogP contribution in [0, 0.1) is 0 Å². The molecule has 0 aliphatic carbocycles. The molecule has 0 radical (unpaired) electrons. The molecule has 4 aromatic carbocycles. The molecule has 1 N–H and O–H groups in total. The highest BCUT2D eigenvalue weighted by molar-refractivity contribution is 5.60. The number of rotatable bonds is 6. The molecule has 0 amide bonds. The van der Waals surface area contributed by atoms with Gasteiger partial charge < -0.3 is 10.1 Å². The van der Waals surface area contributed by atoms with Crippen molar-refractivity contribution in [3.05, 3.63) is 132 Å². The second-order valence-electron chi connectivity index (χ2n) is 6.70. The second-order valence-corrected chi connectivity index (χ2v) is 6.70. The molecular weight excluding hydrogens is 342 g/mol. The van der Waals surface area contributed by atoms with Crippen LogP contribution in [-0.2, 0) is 5.54 Å². The van der Waals surface area contributed by atoms with Crippen molar-refractivity contribution in [2.45, 2.75) is 5.54 Å². The first kappa shape index (κ1) is 17.9. The molecule has 2 heteroatoms. The molecule has 0 unspecified atom stereocenters. The van der Waals surface area contributed by atoms with E-state index in [1.807, 2.05) is 12.1 Å². The molecule has 2 nitrogen and oxygen atoms in total. The Labute approximate surface area is 166 Å². The van der Waals surface area contributed by atoms with Gasteiger partial charge in [-0.15, -0.1) is 0 Å². The van der Waals surface area contributed by atoms with Crippen molar-refractivity contribution in [1.82, 2.24) is 0 Å². The Morgan fingerprint density at radius 1 is 0.536 bits per heavy atom. The monoisotopic (exact) mass is 365 g/mol. The summed E-state index contributed by atoms with van der Waals surface area (Å²) >= 11 is 0. The third kappa shape index (κ3) is 3.37. The van der Waals surface area contributed by atoms with E-state index in [0.717, 1.165) is 11.4 Å². The Morgan fingerprint density at radius 3 is 1.29 bits per heavy atom. The number of hydrogen-bond donors (Lipinski definition) is 1. The van der Waals surface area contributed by atoms with Crippen LogP contribution >= 0.6 is 0 Å². The van der Waals surface area contributed by atoms with Crippen molar-refractivity contribution < 1.29 is 4.74 Å². The van der Waals surface area contributed by atoms with E-state index in [1.165, 1.54) is 16.7 Å². The molecular formula is C26H23NO. The van der Waals surface area contributed by atoms with Crippen molar-refractivity contribution in [1.29, 1.82) is 0 Å². The first-order valence-corrected chi connectivity index (χ1v) is 9.42. The summed E-state index contributed by atoms with van der Waals surface area (Å²) in [6.07, 6.45) is 0. The van der Waals surface area contributed by atoms with E-state index in [4.69, 9.17) is 4.74 Å². The summed E-state index contributed by atoms with van der Waals surface area (Å²) < 4.78 is 5.33. The number of hydrogen-bond acceptors (Lipinski definition) is 2. The number of anilines is 1. The number of benzene rings is 4. The molecule has 0 atom stereocenters. The fraction of sp³-hybridized carbons (Fsp3) is 0.0769. The van der Waals surface area contributed by atoms with Crippen molar-refractivity contribution >= 4 is 5.69 Å². The van der Waals surface area contributed by atoms with Gasteiger partial charge in [0.25, 0.3) is 0 Å². The number of methoxy groups -OCH3 is 1. The Morgan fingerprint density at radius 2 is 0.929 bits per heavy atom. The molecule has 0 aliphatic heterocycles. The molecule has 0 aliphatic rings. The van der Waals surface area contributed by atoms with Crippen LogP contribution in [0.15, 0.2) is 115 Å². The van der Waals surface area contributed by atoms with Crippen LogP contribution in [0.3, 0.4) is 0 Å². The third-order valence-corrected chi connectivity index (χ3v) is 5.04. The number of nitrogens with one attached hydrogen (secondary N) is 1. The largest absolute Gasteiger partial charge is 0.497 e. The van der Waals surface area contributed by atoms with E-state index < -0.39 is 5.54 Å². The van der Waals surface area contributed by atoms with Crippen LogP contribution in [0.5, 0.6) is 5.75 Å². The highest BCUT2D eigenvalue weighted by atomic mass is 16.5. The maximum atomic E-state index is 5.33. The van der Waals surface area contributed by atoms with Gasteiger partial charge in [0.05, 0.1) is 7.11 Å². The lowest BCUT2D eigenvalue weighted by molar-refractivity contribution is 0.415. The van der Waals surface area contributed by atoms with E-state index in [1.54, 1.807) is 7.11 Å². The fourth-order valence-corrected chi connectivity index (χ4v) is 3.67. The second kappa shape index (κ2) is 8.01. The van der Waals surface area contributed by atoms with Crippen LogP contribution in [0.2, 0.25) is 0 Å². The quantitative estimate of drug-likeness (QED) is 0.417. The number of ether oxygens (including phenoxy) is 1. The normalized spacial score (nSPS) is 11.0. The van der Waals surface area contributed by atoms with Gasteiger partial charge in [0.15, 0.2) is 0 Å². The zero-order valence-corrected chi connectivity index (χ0v) is 15.9. The van der Waals surface area contributed by atoms with Gasteiger partial charge in [-0.3, -0.25) is 0 Å². The summed E-state index contributed by atoms with van der Waals surface area (Å²) in [5.41, 5.74) is 4.06. The van der Waals surface area contributed by atoms with Gasteiger partial charge >= 0.3 is 0 Å². The minimum absolute atomic E-state index is 0.516. The summed E-state index contributed by atoms with van der Waals surface area (Å²) in [7, 11) is 1.69. The SMILES string of the molecule is COc1ccc(NC(c2ccccc2)(c2ccccc2)c2ccccc2)cc1. The lowest BCUT2D eigenvalue weighted by atomic mass is 9.77. The van der Waals surface area contributed by atoms with Gasteiger partial charge in [-0.1, -0.05) is 91.0 Å². The summed E-state index contributed by atoms with van der Waals surface area (Å²) in [4.78, 5) is 0. The van der Waals surface area contributed by atoms with E-state index in [0.29, 0.717) is 0 Å². The molecule has 0 spiro atoms. The van der Waals surface area contributed by atoms with E-state index in [9.17, 15) is 0 Å². The average Bonchev–Trinajstić information content (AvgIpc) is 2.80. The Bertz CT molecular complexity index is 900. The molecule has 0 saturated heterocycles. The third-order valence-electron chi connectivity index (χ3n) is 5.04. The molecule has 138 valence electrons. The van der Waals surface area contributed by atoms with Crippen LogP contribution in [0.4, 0.5) is 5.69 Å². The van der Waals surface area contributed by atoms with Gasteiger partial charge in [-0.2, -0.15) is 0 Å². The zero-order chi connectivity index (χ0) is 19.2. The molecule has 28 heavy (non-hydrogen) atoms. The molecule has 0 saturated carbocycles. The van der Waals surface area contributed by atoms with Crippen LogP contribution in [0.25, 0.3) is 0 Å². The minimum Gasteiger partial charge on any atom is -0.497 e. The van der Waals surface area contributed by atoms with Gasteiger partial charge in [0.2, 0.25) is 0 Å². The first-order valence-electron chi connectivity index (χ1n) is 9.42. The van der Waals surface area contributed by atoms with Gasteiger partial charge in [0.1, 0.15) is 11.3 Å². The van der Waals surface area contributed by atoms with Crippen LogP contribution < -0.4 is 10.1 Å². The summed E-state index contributed by atoms with van der Waals surface area (Å²) in [5.74, 6) is 0.843. The average molecular weight is 365 g/mol. The Hall–Kier alpha value is -3.52. The molecule has 0 bridgehead atoms. The smallest absolute Gasteiger partial charge is 0.119 e. The molecule has 0 heterocycles. The van der Waals surface area contributed by atoms with Gasteiger partial charge in [-0.25, -0.2) is 0 Å². The molecule has 0 aromatic heterocycles. The fourth-order valence-electron chi connectivity index (χ4n) is 3.67. The minimum atomic E-state index is -0.516. The zero-order valence-electron chi connectivity index (χ0n) is 15.9. The van der Waals surface area contributed by atoms with Gasteiger partial charge in [0, 0.05) is 5.69 Å². The summed E-state index contributed by atoms with van der Waals surface area (Å²) in [6.45, 7) is 0. The topological polar surface area (TPSA) is 21.3 Å². The van der Waals surface area contributed by atoms with Crippen molar-refractivity contribution in [2.75, 3.05) is 12.4 Å². The van der Waals surface area contributed by atoms with Crippen molar-refractivity contribution in [2.24, 2.45) is 0 Å². The van der Waals surface area contributed by atoms with Crippen LogP contribution in [0.1, 0.15) is 16.7 Å². The van der Waals surface area contributed by atoms with E-state index >= 15 is 0 Å². The van der Waals surface area contributed by atoms with Crippen LogP contribution in [-0.4, -0.2) is 7.11 Å². The predicted octanol–water partition coefficient (Wildman–Crippen LogP) is 6.10. The van der Waals surface area contributed by atoms with E-state index in [2.05, 4.69) is 108 Å². The highest BCUT2D eigenvalue weighted by Gasteiger charge is 2.36. The Kier molecular flexibility index (Phi) is 5.11. The highest BCUT2D eigenvalue weighted by Crippen LogP contribution is 2.40. The lowest BCUT2D eigenvalue weighted by Gasteiger charge is -2.38. The van der Waals surface area contributed by atoms with Crippen molar-refractivity contribution in [3.8, 4) is 5.75 Å². The first-order chi connectivity index (χ1) is 13.8. The summed E-state index contributed by atoms with van der Waals surface area (Å²) in [5, 5.41) is 3.84. The molecule has 4 aromatic rings. The standard InChI is InChI=1S/C26H23NO/c1-28-25-19-17-24(18-20-25)27-26(21-11-5-2-6-12-21,22-13-7-3-8-14-22)23-15-9-4-10-16-23/h2-20,27H,1H3. The van der Waals surface area contributed by atoms with Gasteiger partial charge in [-0.05, 0) is 41.0 Å². The molecule has 4 rings (SSSR count). The maximum Gasteiger partial charge on any atom is 0.119 e. The Balaban J connectivity index is 1.95. The van der Waals surface area contributed by atoms with E-state index in [-0.39, 0.29) is 0 Å².